The minimum absolute atomic E-state index is 0.0498. The molecule has 2 aromatic heterocycles. The summed E-state index contributed by atoms with van der Waals surface area (Å²) in [5.41, 5.74) is 1.02. The fourth-order valence-corrected chi connectivity index (χ4v) is 3.37. The Labute approximate surface area is 166 Å². The van der Waals surface area contributed by atoms with Crippen LogP contribution in [-0.4, -0.2) is 33.0 Å². The van der Waals surface area contributed by atoms with E-state index in [4.69, 9.17) is 16.0 Å². The summed E-state index contributed by atoms with van der Waals surface area (Å²) >= 11 is 5.92. The van der Waals surface area contributed by atoms with Gasteiger partial charge in [0.05, 0.1) is 31.5 Å². The fourth-order valence-electron chi connectivity index (χ4n) is 3.25. The Bertz CT molecular complexity index is 966. The van der Waals surface area contributed by atoms with E-state index < -0.39 is 5.92 Å². The number of hydrogen-bond donors (Lipinski definition) is 1. The van der Waals surface area contributed by atoms with Crippen molar-refractivity contribution in [3.63, 3.8) is 0 Å². The van der Waals surface area contributed by atoms with Crippen molar-refractivity contribution in [1.82, 2.24) is 14.7 Å². The first-order valence-electron chi connectivity index (χ1n) is 8.96. The van der Waals surface area contributed by atoms with E-state index in [0.717, 1.165) is 5.56 Å². The number of aromatic nitrogens is 2. The lowest BCUT2D eigenvalue weighted by molar-refractivity contribution is -0.128. The summed E-state index contributed by atoms with van der Waals surface area (Å²) in [6.45, 7) is 1.26. The molecule has 1 atom stereocenters. The van der Waals surface area contributed by atoms with Crippen LogP contribution in [0.4, 0.5) is 5.82 Å². The summed E-state index contributed by atoms with van der Waals surface area (Å²) in [4.78, 5) is 26.6. The molecule has 3 heterocycles. The van der Waals surface area contributed by atoms with E-state index in [2.05, 4.69) is 10.4 Å². The second-order valence-corrected chi connectivity index (χ2v) is 7.18. The Morgan fingerprint density at radius 3 is 2.79 bits per heavy atom. The third kappa shape index (κ3) is 4.09. The van der Waals surface area contributed by atoms with E-state index in [1.807, 2.05) is 30.3 Å². The summed E-state index contributed by atoms with van der Waals surface area (Å²) in [6, 6.07) is 12.8. The van der Waals surface area contributed by atoms with Crippen molar-refractivity contribution < 1.29 is 14.0 Å². The first kappa shape index (κ1) is 18.3. The van der Waals surface area contributed by atoms with E-state index >= 15 is 0 Å². The van der Waals surface area contributed by atoms with Gasteiger partial charge in [0.25, 0.3) is 0 Å². The summed E-state index contributed by atoms with van der Waals surface area (Å²) in [6.07, 6.45) is 3.40. The first-order chi connectivity index (χ1) is 13.6. The molecule has 4 rings (SSSR count). The third-order valence-electron chi connectivity index (χ3n) is 4.73. The van der Waals surface area contributed by atoms with Gasteiger partial charge in [-0.2, -0.15) is 5.10 Å². The van der Waals surface area contributed by atoms with Gasteiger partial charge in [-0.3, -0.25) is 9.59 Å². The number of anilines is 1. The fraction of sp³-hybridized carbons (Fsp3) is 0.250. The molecule has 2 amide bonds. The highest BCUT2D eigenvalue weighted by Gasteiger charge is 2.35. The van der Waals surface area contributed by atoms with Crippen molar-refractivity contribution in [3.8, 4) is 0 Å². The Balaban J connectivity index is 1.38. The summed E-state index contributed by atoms with van der Waals surface area (Å²) < 4.78 is 7.00. The summed E-state index contributed by atoms with van der Waals surface area (Å²) in [5.74, 6) is 0.660. The minimum Gasteiger partial charge on any atom is -0.467 e. The second kappa shape index (κ2) is 7.90. The molecule has 3 aromatic rings. The number of rotatable bonds is 6. The van der Waals surface area contributed by atoms with Crippen molar-refractivity contribution in [2.75, 3.05) is 11.9 Å². The molecule has 1 aliphatic heterocycles. The molecule has 0 bridgehead atoms. The van der Waals surface area contributed by atoms with Gasteiger partial charge in [0, 0.05) is 24.1 Å². The average Bonchev–Trinajstić information content (AvgIpc) is 3.41. The number of likely N-dealkylation sites (tertiary alicyclic amines) is 1. The highest BCUT2D eigenvalue weighted by molar-refractivity contribution is 6.30. The monoisotopic (exact) mass is 398 g/mol. The summed E-state index contributed by atoms with van der Waals surface area (Å²) in [5, 5.41) is 7.84. The Kier molecular flexibility index (Phi) is 5.16. The van der Waals surface area contributed by atoms with E-state index in [-0.39, 0.29) is 18.2 Å². The van der Waals surface area contributed by atoms with Gasteiger partial charge in [-0.25, -0.2) is 4.68 Å². The maximum absolute atomic E-state index is 12.7. The van der Waals surface area contributed by atoms with Crippen LogP contribution in [0.25, 0.3) is 0 Å². The van der Waals surface area contributed by atoms with Crippen LogP contribution in [0.2, 0.25) is 5.02 Å². The van der Waals surface area contributed by atoms with Crippen LogP contribution in [0.1, 0.15) is 17.7 Å². The SMILES string of the molecule is O=C(Nc1ccnn1Cc1ccc(Cl)cc1)C1CC(=O)N(Cc2ccco2)C1. The number of hydrogen-bond acceptors (Lipinski definition) is 4. The molecule has 1 saturated heterocycles. The van der Waals surface area contributed by atoms with Crippen molar-refractivity contribution in [1.29, 1.82) is 0 Å². The van der Waals surface area contributed by atoms with Crippen molar-refractivity contribution in [2.24, 2.45) is 5.92 Å². The van der Waals surface area contributed by atoms with E-state index in [1.54, 1.807) is 34.2 Å². The standard InChI is InChI=1S/C20H19ClN4O3/c21-16-5-3-14(4-6-16)11-25-18(7-8-22-25)23-20(27)15-10-19(26)24(12-15)13-17-2-1-9-28-17/h1-9,15H,10-13H2,(H,23,27). The molecule has 0 aliphatic carbocycles. The number of amides is 2. The molecule has 0 spiro atoms. The molecule has 1 aliphatic rings. The molecular formula is C20H19ClN4O3. The predicted molar refractivity (Wildman–Crippen MR) is 104 cm³/mol. The highest BCUT2D eigenvalue weighted by atomic mass is 35.5. The zero-order chi connectivity index (χ0) is 19.5. The maximum Gasteiger partial charge on any atom is 0.230 e. The number of carbonyl (C=O) groups is 2. The zero-order valence-corrected chi connectivity index (χ0v) is 15.8. The quantitative estimate of drug-likeness (QED) is 0.691. The first-order valence-corrected chi connectivity index (χ1v) is 9.33. The Morgan fingerprint density at radius 2 is 2.04 bits per heavy atom. The topological polar surface area (TPSA) is 80.4 Å². The van der Waals surface area contributed by atoms with Crippen LogP contribution in [0.5, 0.6) is 0 Å². The van der Waals surface area contributed by atoms with E-state index in [1.165, 1.54) is 0 Å². The highest BCUT2D eigenvalue weighted by Crippen LogP contribution is 2.22. The largest absolute Gasteiger partial charge is 0.467 e. The third-order valence-corrected chi connectivity index (χ3v) is 4.98. The van der Waals surface area contributed by atoms with E-state index in [9.17, 15) is 9.59 Å². The number of nitrogens with zero attached hydrogens (tertiary/aromatic N) is 3. The molecular weight excluding hydrogens is 380 g/mol. The van der Waals surface area contributed by atoms with E-state index in [0.29, 0.717) is 36.2 Å². The van der Waals surface area contributed by atoms with Crippen LogP contribution in [0, 0.1) is 5.92 Å². The molecule has 1 aromatic carbocycles. The van der Waals surface area contributed by atoms with Crippen LogP contribution in [0.3, 0.4) is 0 Å². The number of benzene rings is 1. The van der Waals surface area contributed by atoms with Gasteiger partial charge >= 0.3 is 0 Å². The molecule has 1 N–H and O–H groups in total. The lowest BCUT2D eigenvalue weighted by atomic mass is 10.1. The predicted octanol–water partition coefficient (Wildman–Crippen LogP) is 3.17. The van der Waals surface area contributed by atoms with Gasteiger partial charge in [-0.15, -0.1) is 0 Å². The molecule has 8 heteroatoms. The normalized spacial score (nSPS) is 16.5. The molecule has 1 unspecified atom stereocenters. The second-order valence-electron chi connectivity index (χ2n) is 6.74. The lowest BCUT2D eigenvalue weighted by Gasteiger charge is -2.15. The molecule has 0 saturated carbocycles. The smallest absolute Gasteiger partial charge is 0.230 e. The Morgan fingerprint density at radius 1 is 1.21 bits per heavy atom. The lowest BCUT2D eigenvalue weighted by Crippen LogP contribution is -2.28. The van der Waals surface area contributed by atoms with Gasteiger partial charge in [0.15, 0.2) is 0 Å². The van der Waals surface area contributed by atoms with Gasteiger partial charge in [-0.1, -0.05) is 23.7 Å². The number of carbonyl (C=O) groups excluding carboxylic acids is 2. The minimum atomic E-state index is -0.402. The number of furan rings is 1. The van der Waals surface area contributed by atoms with Crippen molar-refractivity contribution in [2.45, 2.75) is 19.5 Å². The number of halogens is 1. The molecule has 1 fully saturated rings. The molecule has 144 valence electrons. The van der Waals surface area contributed by atoms with Crippen LogP contribution < -0.4 is 5.32 Å². The Hall–Kier alpha value is -3.06. The van der Waals surface area contributed by atoms with Gasteiger partial charge in [0.1, 0.15) is 11.6 Å². The molecule has 7 nitrogen and oxygen atoms in total. The van der Waals surface area contributed by atoms with Crippen LogP contribution >= 0.6 is 11.6 Å². The van der Waals surface area contributed by atoms with Gasteiger partial charge in [-0.05, 0) is 29.8 Å². The number of nitrogens with one attached hydrogen (secondary N) is 1. The van der Waals surface area contributed by atoms with Gasteiger partial charge < -0.3 is 14.6 Å². The average molecular weight is 399 g/mol. The van der Waals surface area contributed by atoms with Crippen LogP contribution in [0.15, 0.2) is 59.3 Å². The van der Waals surface area contributed by atoms with Crippen LogP contribution in [-0.2, 0) is 22.7 Å². The van der Waals surface area contributed by atoms with Gasteiger partial charge in [0.2, 0.25) is 11.8 Å². The maximum atomic E-state index is 12.7. The van der Waals surface area contributed by atoms with Crippen molar-refractivity contribution >= 4 is 29.2 Å². The van der Waals surface area contributed by atoms with Crippen molar-refractivity contribution in [3.05, 3.63) is 71.3 Å². The summed E-state index contributed by atoms with van der Waals surface area (Å²) in [7, 11) is 0. The molecule has 28 heavy (non-hydrogen) atoms. The zero-order valence-electron chi connectivity index (χ0n) is 15.0. The molecule has 0 radical (unpaired) electrons.